The average molecular weight is 304 g/mol. The van der Waals surface area contributed by atoms with E-state index in [4.69, 9.17) is 11.6 Å². The molecule has 0 fully saturated rings. The summed E-state index contributed by atoms with van der Waals surface area (Å²) in [6, 6.07) is 9.01. The summed E-state index contributed by atoms with van der Waals surface area (Å²) in [5.41, 5.74) is 0.0272. The van der Waals surface area contributed by atoms with Gasteiger partial charge in [-0.05, 0) is 35.9 Å². The number of halogens is 5. The molecule has 0 amide bonds. The first-order chi connectivity index (χ1) is 9.34. The lowest BCUT2D eigenvalue weighted by molar-refractivity contribution is -0.137. The van der Waals surface area contributed by atoms with Gasteiger partial charge in [-0.1, -0.05) is 23.7 Å². The van der Waals surface area contributed by atoms with E-state index in [1.807, 2.05) is 0 Å². The Bertz CT molecular complexity index is 610. The fourth-order valence-electron chi connectivity index (χ4n) is 1.71. The quantitative estimate of drug-likeness (QED) is 0.777. The SMILES string of the molecule is Fc1cccc(CNc2cc(Cl)cc(C(F)(F)F)c2)c1. The summed E-state index contributed by atoms with van der Waals surface area (Å²) in [6.45, 7) is 0.204. The minimum Gasteiger partial charge on any atom is -0.381 e. The Morgan fingerprint density at radius 3 is 2.45 bits per heavy atom. The number of alkyl halides is 3. The van der Waals surface area contributed by atoms with E-state index in [-0.39, 0.29) is 17.3 Å². The van der Waals surface area contributed by atoms with E-state index in [2.05, 4.69) is 5.32 Å². The molecule has 2 aromatic carbocycles. The highest BCUT2D eigenvalue weighted by Gasteiger charge is 2.31. The second kappa shape index (κ2) is 5.71. The van der Waals surface area contributed by atoms with E-state index in [9.17, 15) is 17.6 Å². The molecule has 1 N–H and O–H groups in total. The van der Waals surface area contributed by atoms with Gasteiger partial charge in [-0.2, -0.15) is 13.2 Å². The van der Waals surface area contributed by atoms with Crippen LogP contribution in [0.3, 0.4) is 0 Å². The Morgan fingerprint density at radius 1 is 1.05 bits per heavy atom. The van der Waals surface area contributed by atoms with Crippen LogP contribution in [0, 0.1) is 5.82 Å². The molecule has 0 atom stereocenters. The molecule has 106 valence electrons. The number of nitrogens with one attached hydrogen (secondary N) is 1. The van der Waals surface area contributed by atoms with Crippen LogP contribution in [-0.2, 0) is 12.7 Å². The summed E-state index contributed by atoms with van der Waals surface area (Å²) in [7, 11) is 0. The Kier molecular flexibility index (Phi) is 4.18. The summed E-state index contributed by atoms with van der Waals surface area (Å²) < 4.78 is 50.9. The maximum absolute atomic E-state index is 13.0. The van der Waals surface area contributed by atoms with Gasteiger partial charge in [-0.25, -0.2) is 4.39 Å². The second-order valence-electron chi connectivity index (χ2n) is 4.21. The smallest absolute Gasteiger partial charge is 0.381 e. The van der Waals surface area contributed by atoms with Crippen molar-refractivity contribution in [3.05, 3.63) is 64.4 Å². The van der Waals surface area contributed by atoms with Crippen molar-refractivity contribution in [1.82, 2.24) is 0 Å². The van der Waals surface area contributed by atoms with Gasteiger partial charge in [0.25, 0.3) is 0 Å². The van der Waals surface area contributed by atoms with E-state index < -0.39 is 17.6 Å². The monoisotopic (exact) mass is 303 g/mol. The predicted molar refractivity (Wildman–Crippen MR) is 70.2 cm³/mol. The molecule has 0 radical (unpaired) electrons. The number of anilines is 1. The number of hydrogen-bond donors (Lipinski definition) is 1. The summed E-state index contributed by atoms with van der Waals surface area (Å²) in [4.78, 5) is 0. The molecule has 0 aliphatic carbocycles. The standard InChI is InChI=1S/C14H10ClF4N/c15-11-5-10(14(17,18)19)6-13(7-11)20-8-9-2-1-3-12(16)4-9/h1-7,20H,8H2. The lowest BCUT2D eigenvalue weighted by atomic mass is 10.1. The molecule has 0 bridgehead atoms. The lowest BCUT2D eigenvalue weighted by Crippen LogP contribution is -2.07. The molecule has 0 saturated carbocycles. The van der Waals surface area contributed by atoms with Gasteiger partial charge >= 0.3 is 6.18 Å². The fraction of sp³-hybridized carbons (Fsp3) is 0.143. The molecular weight excluding hydrogens is 294 g/mol. The minimum atomic E-state index is -4.46. The normalized spacial score (nSPS) is 11.4. The molecule has 0 aromatic heterocycles. The Labute approximate surface area is 118 Å². The number of hydrogen-bond acceptors (Lipinski definition) is 1. The molecule has 0 aliphatic heterocycles. The molecule has 0 aliphatic rings. The van der Waals surface area contributed by atoms with Crippen LogP contribution in [0.1, 0.15) is 11.1 Å². The van der Waals surface area contributed by atoms with Gasteiger partial charge in [-0.15, -0.1) is 0 Å². The van der Waals surface area contributed by atoms with Gasteiger partial charge in [0.2, 0.25) is 0 Å². The van der Waals surface area contributed by atoms with E-state index in [1.165, 1.54) is 24.3 Å². The Hall–Kier alpha value is -1.75. The molecule has 0 spiro atoms. The van der Waals surface area contributed by atoms with E-state index in [1.54, 1.807) is 6.07 Å². The predicted octanol–water partition coefficient (Wildman–Crippen LogP) is 5.11. The summed E-state index contributed by atoms with van der Waals surface area (Å²) >= 11 is 5.66. The van der Waals surface area contributed by atoms with E-state index >= 15 is 0 Å². The first-order valence-corrected chi connectivity index (χ1v) is 6.08. The lowest BCUT2D eigenvalue weighted by Gasteiger charge is -2.11. The van der Waals surface area contributed by atoms with E-state index in [0.717, 1.165) is 12.1 Å². The zero-order chi connectivity index (χ0) is 14.8. The molecule has 2 rings (SSSR count). The van der Waals surface area contributed by atoms with Crippen molar-refractivity contribution < 1.29 is 17.6 Å². The highest BCUT2D eigenvalue weighted by atomic mass is 35.5. The maximum atomic E-state index is 13.0. The van der Waals surface area contributed by atoms with Crippen molar-refractivity contribution >= 4 is 17.3 Å². The van der Waals surface area contributed by atoms with Crippen molar-refractivity contribution in [2.24, 2.45) is 0 Å². The van der Waals surface area contributed by atoms with Gasteiger partial charge in [0.15, 0.2) is 0 Å². The van der Waals surface area contributed by atoms with Crippen molar-refractivity contribution in [3.63, 3.8) is 0 Å². The molecular formula is C14H10ClF4N. The van der Waals surface area contributed by atoms with Crippen LogP contribution in [0.2, 0.25) is 5.02 Å². The third-order valence-electron chi connectivity index (χ3n) is 2.61. The first-order valence-electron chi connectivity index (χ1n) is 5.71. The average Bonchev–Trinajstić information content (AvgIpc) is 2.35. The molecule has 0 unspecified atom stereocenters. The topological polar surface area (TPSA) is 12.0 Å². The van der Waals surface area contributed by atoms with Crippen molar-refractivity contribution in [3.8, 4) is 0 Å². The van der Waals surface area contributed by atoms with Gasteiger partial charge in [0, 0.05) is 17.3 Å². The number of rotatable bonds is 3. The Balaban J connectivity index is 2.16. The third kappa shape index (κ3) is 3.87. The second-order valence-corrected chi connectivity index (χ2v) is 4.65. The van der Waals surface area contributed by atoms with Crippen LogP contribution >= 0.6 is 11.6 Å². The van der Waals surface area contributed by atoms with Crippen LogP contribution in [-0.4, -0.2) is 0 Å². The van der Waals surface area contributed by atoms with Crippen LogP contribution in [0.15, 0.2) is 42.5 Å². The van der Waals surface area contributed by atoms with Crippen LogP contribution in [0.25, 0.3) is 0 Å². The minimum absolute atomic E-state index is 0.0124. The van der Waals surface area contributed by atoms with Crippen molar-refractivity contribution in [1.29, 1.82) is 0 Å². The van der Waals surface area contributed by atoms with Gasteiger partial charge in [0.1, 0.15) is 5.82 Å². The van der Waals surface area contributed by atoms with Crippen molar-refractivity contribution in [2.75, 3.05) is 5.32 Å². The first kappa shape index (κ1) is 14.7. The zero-order valence-electron chi connectivity index (χ0n) is 10.1. The molecule has 0 saturated heterocycles. The van der Waals surface area contributed by atoms with Crippen LogP contribution in [0.4, 0.5) is 23.2 Å². The maximum Gasteiger partial charge on any atom is 0.416 e. The molecule has 6 heteroatoms. The molecule has 2 aromatic rings. The fourth-order valence-corrected chi connectivity index (χ4v) is 1.94. The summed E-state index contributed by atoms with van der Waals surface area (Å²) in [6.07, 6.45) is -4.46. The zero-order valence-corrected chi connectivity index (χ0v) is 10.9. The van der Waals surface area contributed by atoms with E-state index in [0.29, 0.717) is 5.56 Å². The van der Waals surface area contributed by atoms with Crippen molar-refractivity contribution in [2.45, 2.75) is 12.7 Å². The highest BCUT2D eigenvalue weighted by molar-refractivity contribution is 6.30. The largest absolute Gasteiger partial charge is 0.416 e. The number of benzene rings is 2. The summed E-state index contributed by atoms with van der Waals surface area (Å²) in [5.74, 6) is -0.397. The Morgan fingerprint density at radius 2 is 1.80 bits per heavy atom. The van der Waals surface area contributed by atoms with Gasteiger partial charge < -0.3 is 5.32 Å². The third-order valence-corrected chi connectivity index (χ3v) is 2.83. The molecule has 1 nitrogen and oxygen atoms in total. The molecule has 0 heterocycles. The molecule has 20 heavy (non-hydrogen) atoms. The van der Waals surface area contributed by atoms with Gasteiger partial charge in [-0.3, -0.25) is 0 Å². The summed E-state index contributed by atoms with van der Waals surface area (Å²) in [5, 5.41) is 2.78. The highest BCUT2D eigenvalue weighted by Crippen LogP contribution is 2.33. The van der Waals surface area contributed by atoms with Gasteiger partial charge in [0.05, 0.1) is 5.56 Å². The van der Waals surface area contributed by atoms with Crippen LogP contribution < -0.4 is 5.32 Å². The van der Waals surface area contributed by atoms with Crippen LogP contribution in [0.5, 0.6) is 0 Å².